The number of hydrogen-bond acceptors (Lipinski definition) is 4. The Labute approximate surface area is 83.3 Å². The summed E-state index contributed by atoms with van der Waals surface area (Å²) in [4.78, 5) is 34.4. The molecule has 0 aliphatic heterocycles. The van der Waals surface area contributed by atoms with Crippen LogP contribution in [-0.2, 0) is 4.74 Å². The SMILES string of the molecule is CCCOC(=O)n1cc(F)c(=O)[nH]c1=O. The van der Waals surface area contributed by atoms with Crippen LogP contribution in [-0.4, -0.2) is 22.3 Å². The van der Waals surface area contributed by atoms with Gasteiger partial charge in [-0.25, -0.2) is 14.2 Å². The molecule has 1 aromatic heterocycles. The highest BCUT2D eigenvalue weighted by Crippen LogP contribution is 1.89. The molecule has 0 aliphatic carbocycles. The van der Waals surface area contributed by atoms with Crippen molar-refractivity contribution in [1.82, 2.24) is 9.55 Å². The molecule has 0 bridgehead atoms. The van der Waals surface area contributed by atoms with E-state index in [0.29, 0.717) is 17.2 Å². The molecule has 0 radical (unpaired) electrons. The third kappa shape index (κ3) is 2.52. The van der Waals surface area contributed by atoms with E-state index in [9.17, 15) is 18.8 Å². The number of H-pyrrole nitrogens is 1. The summed E-state index contributed by atoms with van der Waals surface area (Å²) in [5.74, 6) is -1.22. The molecule has 0 spiro atoms. The molecule has 6 nitrogen and oxygen atoms in total. The summed E-state index contributed by atoms with van der Waals surface area (Å²) in [5.41, 5.74) is -2.19. The van der Waals surface area contributed by atoms with Gasteiger partial charge in [0.25, 0.3) is 5.56 Å². The Morgan fingerprint density at radius 3 is 2.87 bits per heavy atom. The predicted octanol–water partition coefficient (Wildman–Crippen LogP) is 0.0704. The minimum Gasteiger partial charge on any atom is -0.449 e. The van der Waals surface area contributed by atoms with Crippen LogP contribution in [0.1, 0.15) is 13.3 Å². The zero-order chi connectivity index (χ0) is 11.4. The van der Waals surface area contributed by atoms with Gasteiger partial charge in [0.2, 0.25) is 5.82 Å². The monoisotopic (exact) mass is 216 g/mol. The highest BCUT2D eigenvalue weighted by atomic mass is 19.1. The van der Waals surface area contributed by atoms with E-state index in [0.717, 1.165) is 0 Å². The van der Waals surface area contributed by atoms with Crippen LogP contribution in [0.25, 0.3) is 0 Å². The number of carbonyl (C=O) groups excluding carboxylic acids is 1. The Balaban J connectivity index is 3.05. The van der Waals surface area contributed by atoms with Gasteiger partial charge in [-0.2, -0.15) is 4.39 Å². The Kier molecular flexibility index (Phi) is 3.37. The molecule has 0 aliphatic rings. The molecule has 0 aromatic carbocycles. The van der Waals surface area contributed by atoms with Crippen LogP contribution >= 0.6 is 0 Å². The average molecular weight is 216 g/mol. The van der Waals surface area contributed by atoms with E-state index < -0.39 is 23.2 Å². The lowest BCUT2D eigenvalue weighted by Gasteiger charge is -2.03. The topological polar surface area (TPSA) is 81.2 Å². The maximum Gasteiger partial charge on any atom is 0.422 e. The fourth-order valence-electron chi connectivity index (χ4n) is 0.842. The first-order chi connectivity index (χ1) is 7.06. The van der Waals surface area contributed by atoms with Gasteiger partial charge in [-0.3, -0.25) is 9.78 Å². The summed E-state index contributed by atoms with van der Waals surface area (Å²) >= 11 is 0. The second-order valence-electron chi connectivity index (χ2n) is 2.72. The zero-order valence-electron chi connectivity index (χ0n) is 7.95. The van der Waals surface area contributed by atoms with Gasteiger partial charge in [-0.1, -0.05) is 6.92 Å². The van der Waals surface area contributed by atoms with Crippen LogP contribution in [0.2, 0.25) is 0 Å². The van der Waals surface area contributed by atoms with Crippen molar-refractivity contribution in [3.63, 3.8) is 0 Å². The van der Waals surface area contributed by atoms with Crippen molar-refractivity contribution >= 4 is 6.09 Å². The van der Waals surface area contributed by atoms with Crippen molar-refractivity contribution in [1.29, 1.82) is 0 Å². The first kappa shape index (κ1) is 11.2. The van der Waals surface area contributed by atoms with Crippen LogP contribution in [0.4, 0.5) is 9.18 Å². The van der Waals surface area contributed by atoms with E-state index in [1.807, 2.05) is 0 Å². The molecule has 82 valence electrons. The van der Waals surface area contributed by atoms with Gasteiger partial charge in [0, 0.05) is 0 Å². The van der Waals surface area contributed by atoms with E-state index in [2.05, 4.69) is 4.74 Å². The van der Waals surface area contributed by atoms with Crippen LogP contribution in [0.5, 0.6) is 0 Å². The number of halogens is 1. The number of nitrogens with one attached hydrogen (secondary N) is 1. The van der Waals surface area contributed by atoms with Crippen molar-refractivity contribution in [2.75, 3.05) is 6.61 Å². The number of aromatic amines is 1. The molecule has 0 fully saturated rings. The Morgan fingerprint density at radius 1 is 1.60 bits per heavy atom. The van der Waals surface area contributed by atoms with E-state index in [-0.39, 0.29) is 6.61 Å². The molecule has 15 heavy (non-hydrogen) atoms. The van der Waals surface area contributed by atoms with Crippen molar-refractivity contribution in [3.05, 3.63) is 32.9 Å². The molecule has 7 heteroatoms. The number of nitrogens with zero attached hydrogens (tertiary/aromatic N) is 1. The minimum atomic E-state index is -1.22. The average Bonchev–Trinajstić information content (AvgIpc) is 2.20. The van der Waals surface area contributed by atoms with Crippen molar-refractivity contribution < 1.29 is 13.9 Å². The van der Waals surface area contributed by atoms with Gasteiger partial charge in [-0.05, 0) is 6.42 Å². The maximum absolute atomic E-state index is 12.7. The summed E-state index contributed by atoms with van der Waals surface area (Å²) in [6, 6.07) is 0. The molecule has 1 rings (SSSR count). The molecule has 0 saturated carbocycles. The lowest BCUT2D eigenvalue weighted by atomic mass is 10.5. The number of hydrogen-bond donors (Lipinski definition) is 1. The van der Waals surface area contributed by atoms with Crippen molar-refractivity contribution in [2.45, 2.75) is 13.3 Å². The standard InChI is InChI=1S/C8H9FN2O4/c1-2-3-15-8(14)11-4-5(9)6(12)10-7(11)13/h4H,2-3H2,1H3,(H,10,12,13). The van der Waals surface area contributed by atoms with Crippen molar-refractivity contribution in [3.8, 4) is 0 Å². The number of carbonyl (C=O) groups is 1. The summed E-state index contributed by atoms with van der Waals surface area (Å²) in [5, 5.41) is 0. The molecular weight excluding hydrogens is 207 g/mol. The summed E-state index contributed by atoms with van der Waals surface area (Å²) in [6.07, 6.45) is 0.0582. The summed E-state index contributed by atoms with van der Waals surface area (Å²) < 4.78 is 17.7. The van der Waals surface area contributed by atoms with Gasteiger partial charge in [0.1, 0.15) is 0 Å². The van der Waals surface area contributed by atoms with Crippen LogP contribution in [0.3, 0.4) is 0 Å². The second-order valence-corrected chi connectivity index (χ2v) is 2.72. The van der Waals surface area contributed by atoms with Crippen LogP contribution in [0, 0.1) is 5.82 Å². The molecule has 0 amide bonds. The van der Waals surface area contributed by atoms with Crippen LogP contribution < -0.4 is 11.2 Å². The van der Waals surface area contributed by atoms with E-state index >= 15 is 0 Å². The molecule has 0 saturated heterocycles. The Hall–Kier alpha value is -1.92. The maximum atomic E-state index is 12.7. The van der Waals surface area contributed by atoms with Gasteiger partial charge in [0.15, 0.2) is 0 Å². The Bertz CT molecular complexity index is 476. The summed E-state index contributed by atoms with van der Waals surface area (Å²) in [7, 11) is 0. The molecule has 0 unspecified atom stereocenters. The minimum absolute atomic E-state index is 0.117. The third-order valence-corrected chi connectivity index (χ3v) is 1.52. The Morgan fingerprint density at radius 2 is 2.27 bits per heavy atom. The van der Waals surface area contributed by atoms with Gasteiger partial charge >= 0.3 is 11.8 Å². The van der Waals surface area contributed by atoms with Crippen LogP contribution in [0.15, 0.2) is 15.8 Å². The van der Waals surface area contributed by atoms with E-state index in [4.69, 9.17) is 0 Å². The highest BCUT2D eigenvalue weighted by molar-refractivity contribution is 5.69. The normalized spacial score (nSPS) is 10.0. The molecule has 1 N–H and O–H groups in total. The zero-order valence-corrected chi connectivity index (χ0v) is 7.95. The van der Waals surface area contributed by atoms with E-state index in [1.165, 1.54) is 0 Å². The molecular formula is C8H9FN2O4. The second kappa shape index (κ2) is 4.54. The first-order valence-corrected chi connectivity index (χ1v) is 4.25. The predicted molar refractivity (Wildman–Crippen MR) is 48.3 cm³/mol. The molecule has 1 aromatic rings. The molecule has 0 atom stereocenters. The fraction of sp³-hybridized carbons (Fsp3) is 0.375. The molecule has 1 heterocycles. The highest BCUT2D eigenvalue weighted by Gasteiger charge is 2.11. The quantitative estimate of drug-likeness (QED) is 0.758. The van der Waals surface area contributed by atoms with Gasteiger partial charge in [-0.15, -0.1) is 0 Å². The fourth-order valence-corrected chi connectivity index (χ4v) is 0.842. The van der Waals surface area contributed by atoms with Gasteiger partial charge in [0.05, 0.1) is 12.8 Å². The summed E-state index contributed by atoms with van der Waals surface area (Å²) in [6.45, 7) is 1.88. The smallest absolute Gasteiger partial charge is 0.422 e. The largest absolute Gasteiger partial charge is 0.449 e. The number of rotatable bonds is 2. The van der Waals surface area contributed by atoms with Gasteiger partial charge < -0.3 is 4.74 Å². The van der Waals surface area contributed by atoms with Crippen molar-refractivity contribution in [2.24, 2.45) is 0 Å². The van der Waals surface area contributed by atoms with E-state index in [1.54, 1.807) is 11.9 Å². The first-order valence-electron chi connectivity index (χ1n) is 4.25. The number of aromatic nitrogens is 2. The third-order valence-electron chi connectivity index (χ3n) is 1.52. The lowest BCUT2D eigenvalue weighted by Crippen LogP contribution is -2.35. The number of ether oxygens (including phenoxy) is 1. The lowest BCUT2D eigenvalue weighted by molar-refractivity contribution is 0.146.